The predicted molar refractivity (Wildman–Crippen MR) is 84.0 cm³/mol. The molecule has 24 heavy (non-hydrogen) atoms. The molecule has 0 aliphatic carbocycles. The maximum atomic E-state index is 12.0. The Balaban J connectivity index is 5.26. The highest BCUT2D eigenvalue weighted by molar-refractivity contribution is 6.57. The zero-order chi connectivity index (χ0) is 19.6. The van der Waals surface area contributed by atoms with Crippen molar-refractivity contribution >= 4 is 70.6 Å². The minimum atomic E-state index is -2.43. The molecule has 0 spiro atoms. The van der Waals surface area contributed by atoms with Crippen LogP contribution in [-0.2, 0) is 33.4 Å². The lowest BCUT2D eigenvalue weighted by atomic mass is 10.3. The predicted octanol–water partition coefficient (Wildman–Crippen LogP) is 2.19. The minimum Gasteiger partial charge on any atom is -0.478 e. The number of carbonyl (C=O) groups is 4. The Morgan fingerprint density at radius 3 is 1.67 bits per heavy atom. The second kappa shape index (κ2) is 7.61. The maximum absolute atomic E-state index is 12.0. The van der Waals surface area contributed by atoms with Crippen LogP contribution in [0.25, 0.3) is 0 Å². The van der Waals surface area contributed by atoms with Crippen molar-refractivity contribution in [2.75, 3.05) is 0 Å². The average Bonchev–Trinajstić information content (AvgIpc) is 2.35. The van der Waals surface area contributed by atoms with Crippen molar-refractivity contribution in [2.45, 2.75) is 47.9 Å². The van der Waals surface area contributed by atoms with E-state index in [0.717, 1.165) is 27.7 Å². The highest BCUT2D eigenvalue weighted by Gasteiger charge is 2.48. The van der Waals surface area contributed by atoms with E-state index in [-0.39, 0.29) is 6.29 Å². The zero-order valence-corrected chi connectivity index (χ0v) is 15.9. The molecule has 8 nitrogen and oxygen atoms in total. The highest BCUT2D eigenvalue weighted by Crippen LogP contribution is 2.30. The van der Waals surface area contributed by atoms with Gasteiger partial charge in [-0.2, -0.15) is 0 Å². The van der Waals surface area contributed by atoms with Crippen LogP contribution in [0.15, 0.2) is 0 Å². The number of aldehydes is 1. The molecule has 2 unspecified atom stereocenters. The molecule has 1 N–H and O–H groups in total. The van der Waals surface area contributed by atoms with Gasteiger partial charge in [0.1, 0.15) is 0 Å². The Labute approximate surface area is 157 Å². The van der Waals surface area contributed by atoms with Crippen molar-refractivity contribution in [3.63, 3.8) is 0 Å². The molecular weight excluding hydrogens is 414 g/mol. The van der Waals surface area contributed by atoms with Crippen molar-refractivity contribution in [1.82, 2.24) is 0 Å². The molecule has 0 fully saturated rings. The third-order valence-electron chi connectivity index (χ3n) is 2.29. The number of carboxylic acids is 1. The summed E-state index contributed by atoms with van der Waals surface area (Å²) in [6.45, 7) is 3.79. The molecule has 0 aliphatic heterocycles. The van der Waals surface area contributed by atoms with Crippen LogP contribution in [0.4, 0.5) is 0 Å². The van der Waals surface area contributed by atoms with Gasteiger partial charge in [-0.3, -0.25) is 4.79 Å². The number of ether oxygens (including phenoxy) is 3. The molecule has 0 aromatic rings. The molecular formula is C12H14Cl4O8. The summed E-state index contributed by atoms with van der Waals surface area (Å²) in [6.07, 6.45) is -0.0313. The van der Waals surface area contributed by atoms with Crippen LogP contribution < -0.4 is 0 Å². The molecule has 138 valence electrons. The van der Waals surface area contributed by atoms with Gasteiger partial charge in [0.2, 0.25) is 9.39 Å². The minimum absolute atomic E-state index is 0.0313. The Kier molecular flexibility index (Phi) is 7.36. The molecule has 0 aliphatic rings. The Morgan fingerprint density at radius 2 is 1.33 bits per heavy atom. The van der Waals surface area contributed by atoms with E-state index in [0.29, 0.717) is 0 Å². The standard InChI is InChI=1S/C12H14Cl4O8/c1-9(5-17,24-11(3,15)6(18)19)22-8(21)12(4,16)23-7(20)10(2,13)14/h5H,1-4H3,(H,18,19)/t9-,11?,12?/m0/s1. The van der Waals surface area contributed by atoms with Crippen molar-refractivity contribution < 1.29 is 38.5 Å². The molecule has 0 amide bonds. The number of halogens is 4. The summed E-state index contributed by atoms with van der Waals surface area (Å²) in [6, 6.07) is 0. The molecule has 0 saturated heterocycles. The van der Waals surface area contributed by atoms with E-state index < -0.39 is 38.1 Å². The molecule has 0 saturated carbocycles. The van der Waals surface area contributed by atoms with Crippen molar-refractivity contribution in [1.29, 1.82) is 0 Å². The van der Waals surface area contributed by atoms with Gasteiger partial charge in [-0.05, 0) is 13.8 Å². The fourth-order valence-corrected chi connectivity index (χ4v) is 1.41. The van der Waals surface area contributed by atoms with E-state index in [2.05, 4.69) is 9.47 Å². The molecule has 0 radical (unpaired) electrons. The molecule has 0 rings (SSSR count). The topological polar surface area (TPSA) is 116 Å². The monoisotopic (exact) mass is 426 g/mol. The number of hydrogen-bond donors (Lipinski definition) is 1. The second-order valence-corrected chi connectivity index (χ2v) is 8.19. The number of carboxylic acid groups (broad SMARTS) is 1. The molecule has 0 aromatic carbocycles. The van der Waals surface area contributed by atoms with E-state index in [4.69, 9.17) is 56.2 Å². The van der Waals surface area contributed by atoms with Gasteiger partial charge in [-0.25, -0.2) is 14.4 Å². The Morgan fingerprint density at radius 1 is 0.875 bits per heavy atom. The third kappa shape index (κ3) is 6.60. The largest absolute Gasteiger partial charge is 0.478 e. The highest BCUT2D eigenvalue weighted by atomic mass is 35.5. The van der Waals surface area contributed by atoms with Crippen LogP contribution in [0, 0.1) is 0 Å². The molecule has 12 heteroatoms. The summed E-state index contributed by atoms with van der Waals surface area (Å²) in [4.78, 5) is 45.6. The lowest BCUT2D eigenvalue weighted by molar-refractivity contribution is -0.241. The van der Waals surface area contributed by atoms with Gasteiger partial charge < -0.3 is 19.3 Å². The summed E-state index contributed by atoms with van der Waals surface area (Å²) in [5.74, 6) is -6.79. The van der Waals surface area contributed by atoms with E-state index in [9.17, 15) is 19.2 Å². The van der Waals surface area contributed by atoms with E-state index in [1.54, 1.807) is 0 Å². The third-order valence-corrected chi connectivity index (χ3v) is 3.07. The van der Waals surface area contributed by atoms with Crippen LogP contribution in [-0.4, -0.2) is 49.5 Å². The fourth-order valence-electron chi connectivity index (χ4n) is 1.07. The van der Waals surface area contributed by atoms with Gasteiger partial charge in [0, 0.05) is 13.8 Å². The van der Waals surface area contributed by atoms with Crippen molar-refractivity contribution in [3.8, 4) is 0 Å². The quantitative estimate of drug-likeness (QED) is 0.271. The zero-order valence-electron chi connectivity index (χ0n) is 12.9. The van der Waals surface area contributed by atoms with Gasteiger partial charge in [0.05, 0.1) is 0 Å². The first-order chi connectivity index (χ1) is 10.5. The summed E-state index contributed by atoms with van der Waals surface area (Å²) in [5, 5.41) is 4.05. The summed E-state index contributed by atoms with van der Waals surface area (Å²) >= 11 is 22.3. The summed E-state index contributed by atoms with van der Waals surface area (Å²) in [7, 11) is 0. The van der Waals surface area contributed by atoms with E-state index in [1.165, 1.54) is 0 Å². The SMILES string of the molecule is CC(Cl)(Cl)C(=O)OC(C)(Cl)C(=O)O[C@](C)(C=O)OC(C)(Cl)C(=O)O. The van der Waals surface area contributed by atoms with Crippen LogP contribution in [0.1, 0.15) is 27.7 Å². The second-order valence-electron chi connectivity index (χ2n) is 5.04. The lowest BCUT2D eigenvalue weighted by Crippen LogP contribution is -2.50. The number of hydrogen-bond acceptors (Lipinski definition) is 7. The van der Waals surface area contributed by atoms with E-state index >= 15 is 0 Å². The molecule has 3 atom stereocenters. The van der Waals surface area contributed by atoms with Gasteiger partial charge in [-0.1, -0.05) is 46.4 Å². The number of rotatable bonds is 8. The van der Waals surface area contributed by atoms with Crippen LogP contribution in [0.5, 0.6) is 0 Å². The fraction of sp³-hybridized carbons (Fsp3) is 0.667. The summed E-state index contributed by atoms with van der Waals surface area (Å²) < 4.78 is 12.1. The van der Waals surface area contributed by atoms with E-state index in [1.807, 2.05) is 0 Å². The number of esters is 2. The summed E-state index contributed by atoms with van der Waals surface area (Å²) in [5.41, 5.74) is 0. The van der Waals surface area contributed by atoms with Gasteiger partial charge in [0.15, 0.2) is 6.29 Å². The van der Waals surface area contributed by atoms with Crippen molar-refractivity contribution in [2.24, 2.45) is 0 Å². The van der Waals surface area contributed by atoms with Crippen LogP contribution in [0.2, 0.25) is 0 Å². The maximum Gasteiger partial charge on any atom is 0.369 e. The lowest BCUT2D eigenvalue weighted by Gasteiger charge is -2.32. The van der Waals surface area contributed by atoms with Gasteiger partial charge in [-0.15, -0.1) is 0 Å². The van der Waals surface area contributed by atoms with Crippen molar-refractivity contribution in [3.05, 3.63) is 0 Å². The average molecular weight is 428 g/mol. The smallest absolute Gasteiger partial charge is 0.369 e. The molecule has 0 aromatic heterocycles. The number of alkyl halides is 4. The number of carbonyl (C=O) groups excluding carboxylic acids is 3. The first-order valence-corrected chi connectivity index (χ1v) is 7.60. The Bertz CT molecular complexity index is 540. The van der Waals surface area contributed by atoms with Crippen LogP contribution in [0.3, 0.4) is 0 Å². The van der Waals surface area contributed by atoms with Gasteiger partial charge in [0.25, 0.3) is 10.8 Å². The molecule has 0 bridgehead atoms. The molecule has 0 heterocycles. The normalized spacial score (nSPS) is 19.2. The Hall–Kier alpha value is -0.800. The van der Waals surface area contributed by atoms with Gasteiger partial charge >= 0.3 is 17.9 Å². The first kappa shape index (κ1) is 23.2. The van der Waals surface area contributed by atoms with Crippen LogP contribution >= 0.6 is 46.4 Å². The number of aliphatic carboxylic acids is 1. The first-order valence-electron chi connectivity index (χ1n) is 6.09.